The second-order valence-corrected chi connectivity index (χ2v) is 6.62. The second-order valence-electron chi connectivity index (χ2n) is 4.97. The predicted molar refractivity (Wildman–Crippen MR) is 65.6 cm³/mol. The van der Waals surface area contributed by atoms with Gasteiger partial charge in [0.05, 0.1) is 22.6 Å². The number of alkyl halides is 3. The van der Waals surface area contributed by atoms with Crippen molar-refractivity contribution in [1.29, 1.82) is 0 Å². The molecule has 4 nitrogen and oxygen atoms in total. The molecule has 0 bridgehead atoms. The van der Waals surface area contributed by atoms with Crippen molar-refractivity contribution < 1.29 is 26.7 Å². The van der Waals surface area contributed by atoms with E-state index < -0.39 is 32.2 Å². The Morgan fingerprint density at radius 1 is 1.35 bits per heavy atom. The van der Waals surface area contributed by atoms with Gasteiger partial charge in [-0.05, 0) is 37.5 Å². The van der Waals surface area contributed by atoms with Crippen LogP contribution in [0.5, 0.6) is 0 Å². The van der Waals surface area contributed by atoms with Gasteiger partial charge < -0.3 is 5.11 Å². The summed E-state index contributed by atoms with van der Waals surface area (Å²) in [6.45, 7) is 0.750. The summed E-state index contributed by atoms with van der Waals surface area (Å²) in [5.41, 5.74) is -2.24. The highest BCUT2D eigenvalue weighted by Gasteiger charge is 2.46. The highest BCUT2D eigenvalue weighted by Crippen LogP contribution is 2.38. The highest BCUT2D eigenvalue weighted by molar-refractivity contribution is 7.89. The molecule has 2 N–H and O–H groups in total. The summed E-state index contributed by atoms with van der Waals surface area (Å²) in [5.74, 6) is 0. The Bertz CT molecular complexity index is 621. The molecule has 0 spiro atoms. The second kappa shape index (κ2) is 4.71. The van der Waals surface area contributed by atoms with Gasteiger partial charge in [0.25, 0.3) is 0 Å². The van der Waals surface area contributed by atoms with E-state index in [1.54, 1.807) is 0 Å². The smallest absolute Gasteiger partial charge is 0.394 e. The number of halogens is 3. The van der Waals surface area contributed by atoms with Gasteiger partial charge in [-0.3, -0.25) is 0 Å². The van der Waals surface area contributed by atoms with E-state index in [0.29, 0.717) is 12.8 Å². The summed E-state index contributed by atoms with van der Waals surface area (Å²) >= 11 is 0. The third-order valence-electron chi connectivity index (χ3n) is 3.39. The molecule has 8 heteroatoms. The van der Waals surface area contributed by atoms with Crippen molar-refractivity contribution in [3.63, 3.8) is 0 Å². The summed E-state index contributed by atoms with van der Waals surface area (Å²) in [4.78, 5) is -0.410. The van der Waals surface area contributed by atoms with E-state index in [4.69, 9.17) is 5.11 Å². The molecule has 0 saturated heterocycles. The number of sulfonamides is 1. The van der Waals surface area contributed by atoms with Crippen molar-refractivity contribution >= 4 is 10.0 Å². The number of rotatable bonds is 4. The third kappa shape index (κ3) is 2.82. The standard InChI is InChI=1S/C12H14F3NO3S/c1-8-9(12(13,14)15)3-2-4-10(8)20(18,19)16-11(7-17)5-6-11/h2-4,16-17H,5-7H2,1H3. The lowest BCUT2D eigenvalue weighted by Gasteiger charge is -2.18. The highest BCUT2D eigenvalue weighted by atomic mass is 32.2. The van der Waals surface area contributed by atoms with Crippen LogP contribution in [0.4, 0.5) is 13.2 Å². The molecule has 112 valence electrons. The molecule has 0 heterocycles. The van der Waals surface area contributed by atoms with E-state index in [9.17, 15) is 21.6 Å². The summed E-state index contributed by atoms with van der Waals surface area (Å²) in [5, 5.41) is 9.11. The van der Waals surface area contributed by atoms with Gasteiger partial charge in [-0.2, -0.15) is 13.2 Å². The van der Waals surface area contributed by atoms with Crippen LogP contribution in [-0.2, 0) is 16.2 Å². The molecule has 2 rings (SSSR count). The minimum absolute atomic E-state index is 0.346. The van der Waals surface area contributed by atoms with Gasteiger partial charge in [0, 0.05) is 0 Å². The lowest BCUT2D eigenvalue weighted by Crippen LogP contribution is -2.39. The Morgan fingerprint density at radius 3 is 2.40 bits per heavy atom. The van der Waals surface area contributed by atoms with Crippen molar-refractivity contribution in [2.24, 2.45) is 0 Å². The number of benzene rings is 1. The van der Waals surface area contributed by atoms with Gasteiger partial charge in [0.2, 0.25) is 10.0 Å². The molecule has 1 saturated carbocycles. The Kier molecular flexibility index (Phi) is 3.60. The van der Waals surface area contributed by atoms with Crippen LogP contribution in [0.2, 0.25) is 0 Å². The van der Waals surface area contributed by atoms with E-state index in [1.165, 1.54) is 0 Å². The number of nitrogens with one attached hydrogen (secondary N) is 1. The summed E-state index contributed by atoms with van der Waals surface area (Å²) < 4.78 is 64.9. The maximum Gasteiger partial charge on any atom is 0.416 e. The third-order valence-corrected chi connectivity index (χ3v) is 5.11. The normalized spacial score (nSPS) is 18.1. The van der Waals surface area contributed by atoms with Gasteiger partial charge in [-0.25, -0.2) is 13.1 Å². The first kappa shape index (κ1) is 15.3. The summed E-state index contributed by atoms with van der Waals surface area (Å²) in [6, 6.07) is 3.02. The average molecular weight is 309 g/mol. The Hall–Kier alpha value is -1.12. The molecule has 0 radical (unpaired) electrons. The average Bonchev–Trinajstić information content (AvgIpc) is 3.07. The quantitative estimate of drug-likeness (QED) is 0.891. The first-order valence-corrected chi connectivity index (χ1v) is 7.41. The topological polar surface area (TPSA) is 66.4 Å². The molecule has 1 aliphatic rings. The summed E-state index contributed by atoms with van der Waals surface area (Å²) in [7, 11) is -4.09. The van der Waals surface area contributed by atoms with Gasteiger partial charge in [-0.15, -0.1) is 0 Å². The zero-order valence-corrected chi connectivity index (χ0v) is 11.5. The molecule has 1 aromatic rings. The number of aliphatic hydroxyl groups is 1. The zero-order chi connectivity index (χ0) is 15.2. The minimum Gasteiger partial charge on any atom is -0.394 e. The first-order valence-electron chi connectivity index (χ1n) is 5.93. The number of hydrogen-bond acceptors (Lipinski definition) is 3. The largest absolute Gasteiger partial charge is 0.416 e. The van der Waals surface area contributed by atoms with Gasteiger partial charge in [0.1, 0.15) is 0 Å². The lowest BCUT2D eigenvalue weighted by atomic mass is 10.1. The van der Waals surface area contributed by atoms with Crippen molar-refractivity contribution in [2.75, 3.05) is 6.61 Å². The fourth-order valence-electron chi connectivity index (χ4n) is 2.00. The van der Waals surface area contributed by atoms with Gasteiger partial charge in [-0.1, -0.05) is 6.07 Å². The molecule has 0 atom stereocenters. The van der Waals surface area contributed by atoms with Gasteiger partial charge in [0.15, 0.2) is 0 Å². The number of aliphatic hydroxyl groups excluding tert-OH is 1. The molecular weight excluding hydrogens is 295 g/mol. The fraction of sp³-hybridized carbons (Fsp3) is 0.500. The molecule has 0 aliphatic heterocycles. The monoisotopic (exact) mass is 309 g/mol. The Balaban J connectivity index is 2.43. The van der Waals surface area contributed by atoms with Crippen LogP contribution in [0.15, 0.2) is 23.1 Å². The van der Waals surface area contributed by atoms with E-state index in [2.05, 4.69) is 4.72 Å². The zero-order valence-electron chi connectivity index (χ0n) is 10.7. The van der Waals surface area contributed by atoms with Crippen LogP contribution in [-0.4, -0.2) is 25.7 Å². The maximum atomic E-state index is 12.8. The first-order chi connectivity index (χ1) is 9.11. The van der Waals surface area contributed by atoms with Crippen LogP contribution in [0.3, 0.4) is 0 Å². The molecular formula is C12H14F3NO3S. The predicted octanol–water partition coefficient (Wildman–Crippen LogP) is 1.82. The van der Waals surface area contributed by atoms with Crippen molar-refractivity contribution in [3.8, 4) is 0 Å². The van der Waals surface area contributed by atoms with Crippen LogP contribution in [0.1, 0.15) is 24.0 Å². The lowest BCUT2D eigenvalue weighted by molar-refractivity contribution is -0.138. The van der Waals surface area contributed by atoms with E-state index in [-0.39, 0.29) is 12.2 Å². The molecule has 0 amide bonds. The maximum absolute atomic E-state index is 12.8. The number of hydrogen-bond donors (Lipinski definition) is 2. The molecule has 0 aromatic heterocycles. The van der Waals surface area contributed by atoms with Crippen molar-refractivity contribution in [2.45, 2.75) is 36.4 Å². The van der Waals surface area contributed by atoms with Crippen LogP contribution in [0.25, 0.3) is 0 Å². The SMILES string of the molecule is Cc1c(C(F)(F)F)cccc1S(=O)(=O)NC1(CO)CC1. The van der Waals surface area contributed by atoms with Crippen molar-refractivity contribution in [3.05, 3.63) is 29.3 Å². The molecule has 1 fully saturated rings. The Morgan fingerprint density at radius 2 is 1.95 bits per heavy atom. The van der Waals surface area contributed by atoms with Crippen LogP contribution < -0.4 is 4.72 Å². The summed E-state index contributed by atoms with van der Waals surface area (Å²) in [6.07, 6.45) is -3.66. The van der Waals surface area contributed by atoms with Gasteiger partial charge >= 0.3 is 6.18 Å². The molecule has 20 heavy (non-hydrogen) atoms. The van der Waals surface area contributed by atoms with E-state index >= 15 is 0 Å². The fourth-order valence-corrected chi connectivity index (χ4v) is 3.72. The van der Waals surface area contributed by atoms with Crippen LogP contribution in [0, 0.1) is 6.92 Å². The Labute approximate surface area is 114 Å². The van der Waals surface area contributed by atoms with Crippen molar-refractivity contribution in [1.82, 2.24) is 4.72 Å². The van der Waals surface area contributed by atoms with E-state index in [1.807, 2.05) is 0 Å². The molecule has 0 unspecified atom stereocenters. The minimum atomic E-state index is -4.61. The molecule has 1 aromatic carbocycles. The van der Waals surface area contributed by atoms with Crippen LogP contribution >= 0.6 is 0 Å². The molecule has 1 aliphatic carbocycles. The van der Waals surface area contributed by atoms with E-state index in [0.717, 1.165) is 25.1 Å².